The van der Waals surface area contributed by atoms with Gasteiger partial charge >= 0.3 is 11.9 Å². The average Bonchev–Trinajstić information content (AvgIpc) is 3.29. The summed E-state index contributed by atoms with van der Waals surface area (Å²) >= 11 is 0. The van der Waals surface area contributed by atoms with Crippen LogP contribution < -0.4 is 9.47 Å². The molecule has 2 aliphatic rings. The highest BCUT2D eigenvalue weighted by molar-refractivity contribution is 5.90. The smallest absolute Gasteiger partial charge is 0.338 e. The Morgan fingerprint density at radius 3 is 1.12 bits per heavy atom. The SMILES string of the molecule is O=C(OC1CCC(C2CCC(OC(=O)c3ccc(OCCCCCCOCc4ccccc4)cc3)CC2)CC1)c1ccc(OCCCCCCOCc2ccccc2)cc1. The molecule has 0 amide bonds. The van der Waals surface area contributed by atoms with Crippen molar-refractivity contribution in [1.29, 1.82) is 0 Å². The van der Waals surface area contributed by atoms with Crippen LogP contribution in [0.1, 0.15) is 135 Å². The van der Waals surface area contributed by atoms with Gasteiger partial charge in [0.2, 0.25) is 0 Å². The van der Waals surface area contributed by atoms with Crippen LogP contribution in [0.15, 0.2) is 109 Å². The third-order valence-corrected chi connectivity index (χ3v) is 12.0. The average molecular weight is 819 g/mol. The first-order chi connectivity index (χ1) is 29.6. The number of carbonyl (C=O) groups excluding carboxylic acids is 2. The Morgan fingerprint density at radius 2 is 0.750 bits per heavy atom. The number of carbonyl (C=O) groups is 2. The molecule has 60 heavy (non-hydrogen) atoms. The van der Waals surface area contributed by atoms with E-state index in [1.54, 1.807) is 24.3 Å². The third-order valence-electron chi connectivity index (χ3n) is 12.0. The van der Waals surface area contributed by atoms with Gasteiger partial charge in [-0.25, -0.2) is 9.59 Å². The van der Waals surface area contributed by atoms with E-state index in [9.17, 15) is 9.59 Å². The Hall–Kier alpha value is -4.66. The maximum atomic E-state index is 12.9. The Balaban J connectivity index is 0.762. The molecule has 322 valence electrons. The van der Waals surface area contributed by atoms with Crippen LogP contribution in [-0.2, 0) is 32.2 Å². The molecule has 4 aromatic carbocycles. The molecular formula is C52H66O8. The first-order valence-electron chi connectivity index (χ1n) is 22.7. The van der Waals surface area contributed by atoms with Gasteiger partial charge in [-0.15, -0.1) is 0 Å². The first-order valence-corrected chi connectivity index (χ1v) is 22.7. The molecule has 0 aliphatic heterocycles. The van der Waals surface area contributed by atoms with Crippen LogP contribution in [0.25, 0.3) is 0 Å². The number of benzene rings is 4. The van der Waals surface area contributed by atoms with Gasteiger partial charge in [-0.2, -0.15) is 0 Å². The fourth-order valence-electron chi connectivity index (χ4n) is 8.40. The van der Waals surface area contributed by atoms with Crippen LogP contribution in [0, 0.1) is 11.8 Å². The summed E-state index contributed by atoms with van der Waals surface area (Å²) in [6.07, 6.45) is 16.3. The lowest BCUT2D eigenvalue weighted by Crippen LogP contribution is -2.32. The summed E-state index contributed by atoms with van der Waals surface area (Å²) in [5.41, 5.74) is 3.55. The summed E-state index contributed by atoms with van der Waals surface area (Å²) in [5, 5.41) is 0. The van der Waals surface area contributed by atoms with E-state index in [-0.39, 0.29) is 24.1 Å². The third kappa shape index (κ3) is 16.1. The van der Waals surface area contributed by atoms with Crippen LogP contribution in [-0.4, -0.2) is 50.6 Å². The minimum atomic E-state index is -0.257. The summed E-state index contributed by atoms with van der Waals surface area (Å²) in [6.45, 7) is 4.21. The highest BCUT2D eigenvalue weighted by Gasteiger charge is 2.33. The maximum Gasteiger partial charge on any atom is 0.338 e. The van der Waals surface area contributed by atoms with Crippen molar-refractivity contribution in [2.75, 3.05) is 26.4 Å². The van der Waals surface area contributed by atoms with Crippen molar-refractivity contribution >= 4 is 11.9 Å². The molecule has 2 fully saturated rings. The summed E-state index contributed by atoms with van der Waals surface area (Å²) in [4.78, 5) is 25.9. The second-order valence-electron chi connectivity index (χ2n) is 16.5. The monoisotopic (exact) mass is 818 g/mol. The minimum absolute atomic E-state index is 0.0384. The molecule has 4 aromatic rings. The van der Waals surface area contributed by atoms with E-state index in [1.807, 2.05) is 60.7 Å². The predicted molar refractivity (Wildman–Crippen MR) is 235 cm³/mol. The molecule has 0 spiro atoms. The van der Waals surface area contributed by atoms with Crippen molar-refractivity contribution in [2.45, 2.75) is 128 Å². The topological polar surface area (TPSA) is 89.5 Å². The molecule has 6 rings (SSSR count). The summed E-state index contributed by atoms with van der Waals surface area (Å²) in [7, 11) is 0. The van der Waals surface area contributed by atoms with Gasteiger partial charge in [-0.3, -0.25) is 0 Å². The second kappa shape index (κ2) is 25.8. The summed E-state index contributed by atoms with van der Waals surface area (Å²) < 4.78 is 35.2. The van der Waals surface area contributed by atoms with Crippen molar-refractivity contribution in [3.05, 3.63) is 131 Å². The molecule has 2 aliphatic carbocycles. The zero-order valence-corrected chi connectivity index (χ0v) is 35.5. The lowest BCUT2D eigenvalue weighted by Gasteiger charge is -2.37. The van der Waals surface area contributed by atoms with Gasteiger partial charge in [0.25, 0.3) is 0 Å². The molecular weight excluding hydrogens is 753 g/mol. The van der Waals surface area contributed by atoms with Crippen molar-refractivity contribution in [2.24, 2.45) is 11.8 Å². The molecule has 0 radical (unpaired) electrons. The van der Waals surface area contributed by atoms with Crippen molar-refractivity contribution in [1.82, 2.24) is 0 Å². The van der Waals surface area contributed by atoms with Gasteiger partial charge in [0.15, 0.2) is 0 Å². The van der Waals surface area contributed by atoms with Crippen LogP contribution in [0.3, 0.4) is 0 Å². The van der Waals surface area contributed by atoms with Crippen molar-refractivity contribution in [3.8, 4) is 11.5 Å². The Labute approximate surface area is 358 Å². The van der Waals surface area contributed by atoms with E-state index in [0.717, 1.165) is 127 Å². The molecule has 0 N–H and O–H groups in total. The van der Waals surface area contributed by atoms with Crippen molar-refractivity contribution in [3.63, 3.8) is 0 Å². The van der Waals surface area contributed by atoms with Crippen LogP contribution >= 0.6 is 0 Å². The highest BCUT2D eigenvalue weighted by Crippen LogP contribution is 2.40. The van der Waals surface area contributed by atoms with Gasteiger partial charge in [-0.1, -0.05) is 73.5 Å². The fourth-order valence-corrected chi connectivity index (χ4v) is 8.40. The normalized spacial score (nSPS) is 19.0. The number of ether oxygens (including phenoxy) is 6. The molecule has 0 saturated heterocycles. The summed E-state index contributed by atoms with van der Waals surface area (Å²) in [5.74, 6) is 2.30. The van der Waals surface area contributed by atoms with E-state index in [0.29, 0.717) is 49.4 Å². The number of hydrogen-bond acceptors (Lipinski definition) is 8. The van der Waals surface area contributed by atoms with Crippen molar-refractivity contribution < 1.29 is 38.0 Å². The van der Waals surface area contributed by atoms with Crippen LogP contribution in [0.4, 0.5) is 0 Å². The van der Waals surface area contributed by atoms with Crippen LogP contribution in [0.2, 0.25) is 0 Å². The number of unbranched alkanes of at least 4 members (excludes halogenated alkanes) is 6. The zero-order chi connectivity index (χ0) is 41.5. The lowest BCUT2D eigenvalue weighted by atomic mass is 9.72. The van der Waals surface area contributed by atoms with Crippen LogP contribution in [0.5, 0.6) is 11.5 Å². The largest absolute Gasteiger partial charge is 0.494 e. The zero-order valence-electron chi connectivity index (χ0n) is 35.5. The van der Waals surface area contributed by atoms with E-state index in [2.05, 4.69) is 24.3 Å². The molecule has 0 bridgehead atoms. The molecule has 8 nitrogen and oxygen atoms in total. The maximum absolute atomic E-state index is 12.9. The molecule has 0 atom stereocenters. The Bertz CT molecular complexity index is 1630. The lowest BCUT2D eigenvalue weighted by molar-refractivity contribution is -0.000154. The number of esters is 2. The molecule has 0 heterocycles. The summed E-state index contributed by atoms with van der Waals surface area (Å²) in [6, 6.07) is 35.2. The highest BCUT2D eigenvalue weighted by atomic mass is 16.5. The quantitative estimate of drug-likeness (QED) is 0.0482. The second-order valence-corrected chi connectivity index (χ2v) is 16.5. The minimum Gasteiger partial charge on any atom is -0.494 e. The molecule has 0 unspecified atom stereocenters. The molecule has 2 saturated carbocycles. The number of hydrogen-bond donors (Lipinski definition) is 0. The first kappa shape index (κ1) is 44.9. The Morgan fingerprint density at radius 1 is 0.400 bits per heavy atom. The fraction of sp³-hybridized carbons (Fsp3) is 0.500. The Kier molecular flexibility index (Phi) is 19.3. The molecule has 8 heteroatoms. The van der Waals surface area contributed by atoms with E-state index < -0.39 is 0 Å². The molecule has 0 aromatic heterocycles. The van der Waals surface area contributed by atoms with E-state index in [4.69, 9.17) is 28.4 Å². The van der Waals surface area contributed by atoms with Gasteiger partial charge in [-0.05, 0) is 161 Å². The van der Waals surface area contributed by atoms with Gasteiger partial charge in [0, 0.05) is 13.2 Å². The van der Waals surface area contributed by atoms with E-state index >= 15 is 0 Å². The standard InChI is InChI=1S/C52H66O8/c53-51(45-23-27-47(28-24-45)57-37-13-3-1-11-35-55-39-41-15-7-5-8-16-41)59-49-31-19-43(20-32-49)44-21-33-50(34-22-44)60-52(54)46-25-29-48(30-26-46)58-38-14-4-2-12-36-56-40-42-17-9-6-10-18-42/h5-10,15-18,23-30,43-44,49-50H,1-4,11-14,19-22,31-40H2. The van der Waals surface area contributed by atoms with Gasteiger partial charge in [0.1, 0.15) is 23.7 Å². The predicted octanol–water partition coefficient (Wildman–Crippen LogP) is 12.1. The van der Waals surface area contributed by atoms with E-state index in [1.165, 1.54) is 11.1 Å². The van der Waals surface area contributed by atoms with Gasteiger partial charge < -0.3 is 28.4 Å². The number of rotatable bonds is 25. The van der Waals surface area contributed by atoms with Gasteiger partial charge in [0.05, 0.1) is 37.6 Å².